The SMILES string of the molecule is NC(c1ccc2c(c1)-c1ccccc1C2)c1ccc(Br)o1. The number of nitrogens with two attached hydrogens (primary N) is 1. The molecule has 2 N–H and O–H groups in total. The fourth-order valence-corrected chi connectivity index (χ4v) is 3.31. The summed E-state index contributed by atoms with van der Waals surface area (Å²) in [6, 6.07) is 18.6. The smallest absolute Gasteiger partial charge is 0.169 e. The van der Waals surface area contributed by atoms with Crippen LogP contribution in [0, 0.1) is 0 Å². The molecule has 1 aromatic heterocycles. The lowest BCUT2D eigenvalue weighted by atomic mass is 9.98. The molecule has 21 heavy (non-hydrogen) atoms. The Morgan fingerprint density at radius 2 is 1.76 bits per heavy atom. The molecule has 0 aliphatic heterocycles. The number of hydrogen-bond acceptors (Lipinski definition) is 2. The summed E-state index contributed by atoms with van der Waals surface area (Å²) in [5, 5.41) is 0. The molecular weight excluding hydrogens is 326 g/mol. The average molecular weight is 340 g/mol. The third-order valence-electron chi connectivity index (χ3n) is 4.08. The summed E-state index contributed by atoms with van der Waals surface area (Å²) in [6.45, 7) is 0. The third-order valence-corrected chi connectivity index (χ3v) is 4.51. The molecule has 0 fully saturated rings. The Balaban J connectivity index is 1.77. The number of halogens is 1. The van der Waals surface area contributed by atoms with Crippen LogP contribution in [0.2, 0.25) is 0 Å². The van der Waals surface area contributed by atoms with Gasteiger partial charge in [-0.2, -0.15) is 0 Å². The normalized spacial score (nSPS) is 13.8. The number of benzene rings is 2. The van der Waals surface area contributed by atoms with E-state index in [4.69, 9.17) is 10.2 Å². The van der Waals surface area contributed by atoms with Crippen molar-refractivity contribution >= 4 is 15.9 Å². The van der Waals surface area contributed by atoms with Gasteiger partial charge in [-0.15, -0.1) is 0 Å². The van der Waals surface area contributed by atoms with Crippen molar-refractivity contribution in [3.05, 3.63) is 81.7 Å². The third kappa shape index (κ3) is 2.13. The quantitative estimate of drug-likeness (QED) is 0.576. The van der Waals surface area contributed by atoms with Crippen molar-refractivity contribution in [3.8, 4) is 11.1 Å². The van der Waals surface area contributed by atoms with Crippen LogP contribution in [0.5, 0.6) is 0 Å². The van der Waals surface area contributed by atoms with Gasteiger partial charge in [0, 0.05) is 0 Å². The van der Waals surface area contributed by atoms with E-state index in [1.54, 1.807) is 0 Å². The van der Waals surface area contributed by atoms with E-state index in [1.807, 2.05) is 12.1 Å². The summed E-state index contributed by atoms with van der Waals surface area (Å²) in [5.41, 5.74) is 12.8. The summed E-state index contributed by atoms with van der Waals surface area (Å²) >= 11 is 3.32. The van der Waals surface area contributed by atoms with Crippen molar-refractivity contribution in [1.29, 1.82) is 0 Å². The second-order valence-corrected chi connectivity index (χ2v) is 6.15. The Kier molecular flexibility index (Phi) is 2.98. The monoisotopic (exact) mass is 339 g/mol. The van der Waals surface area contributed by atoms with Crippen LogP contribution in [0.4, 0.5) is 0 Å². The molecule has 0 radical (unpaired) electrons. The number of rotatable bonds is 2. The van der Waals surface area contributed by atoms with Gasteiger partial charge in [0.15, 0.2) is 4.67 Å². The van der Waals surface area contributed by atoms with Crippen molar-refractivity contribution in [2.45, 2.75) is 12.5 Å². The Morgan fingerprint density at radius 1 is 0.952 bits per heavy atom. The highest BCUT2D eigenvalue weighted by Crippen LogP contribution is 2.38. The van der Waals surface area contributed by atoms with Crippen LogP contribution in [0.25, 0.3) is 11.1 Å². The van der Waals surface area contributed by atoms with Crippen molar-refractivity contribution in [2.24, 2.45) is 5.73 Å². The largest absolute Gasteiger partial charge is 0.452 e. The molecule has 0 saturated heterocycles. The van der Waals surface area contributed by atoms with E-state index < -0.39 is 0 Å². The van der Waals surface area contributed by atoms with Gasteiger partial charge in [0.25, 0.3) is 0 Å². The first-order chi connectivity index (χ1) is 10.2. The van der Waals surface area contributed by atoms with Crippen LogP contribution in [0.3, 0.4) is 0 Å². The lowest BCUT2D eigenvalue weighted by Crippen LogP contribution is -2.11. The molecule has 2 aromatic carbocycles. The molecule has 0 saturated carbocycles. The topological polar surface area (TPSA) is 39.2 Å². The first-order valence-electron chi connectivity index (χ1n) is 6.94. The lowest BCUT2D eigenvalue weighted by molar-refractivity contribution is 0.470. The van der Waals surface area contributed by atoms with Crippen LogP contribution < -0.4 is 5.73 Å². The van der Waals surface area contributed by atoms with Crippen LogP contribution in [0.15, 0.2) is 63.7 Å². The first kappa shape index (κ1) is 12.9. The summed E-state index contributed by atoms with van der Waals surface area (Å²) in [7, 11) is 0. The molecule has 1 unspecified atom stereocenters. The molecule has 1 atom stereocenters. The summed E-state index contributed by atoms with van der Waals surface area (Å²) in [6.07, 6.45) is 1.01. The Labute approximate surface area is 131 Å². The van der Waals surface area contributed by atoms with Gasteiger partial charge < -0.3 is 10.2 Å². The zero-order valence-corrected chi connectivity index (χ0v) is 12.9. The van der Waals surface area contributed by atoms with E-state index in [-0.39, 0.29) is 6.04 Å². The van der Waals surface area contributed by atoms with Gasteiger partial charge in [0.1, 0.15) is 5.76 Å². The van der Waals surface area contributed by atoms with E-state index in [0.717, 1.165) is 17.7 Å². The second-order valence-electron chi connectivity index (χ2n) is 5.37. The zero-order valence-electron chi connectivity index (χ0n) is 11.3. The van der Waals surface area contributed by atoms with Gasteiger partial charge >= 0.3 is 0 Å². The molecule has 2 nitrogen and oxygen atoms in total. The van der Waals surface area contributed by atoms with Crippen LogP contribution in [-0.2, 0) is 6.42 Å². The summed E-state index contributed by atoms with van der Waals surface area (Å²) < 4.78 is 6.29. The second kappa shape index (κ2) is 4.86. The molecule has 0 bridgehead atoms. The highest BCUT2D eigenvalue weighted by atomic mass is 79.9. The highest BCUT2D eigenvalue weighted by molar-refractivity contribution is 9.10. The van der Waals surface area contributed by atoms with Crippen molar-refractivity contribution in [2.75, 3.05) is 0 Å². The van der Waals surface area contributed by atoms with Gasteiger partial charge in [0.2, 0.25) is 0 Å². The summed E-state index contributed by atoms with van der Waals surface area (Å²) in [4.78, 5) is 0. The van der Waals surface area contributed by atoms with Gasteiger partial charge in [-0.3, -0.25) is 0 Å². The molecule has 3 heteroatoms. The van der Waals surface area contributed by atoms with Crippen molar-refractivity contribution in [3.63, 3.8) is 0 Å². The lowest BCUT2D eigenvalue weighted by Gasteiger charge is -2.11. The minimum Gasteiger partial charge on any atom is -0.452 e. The van der Waals surface area contributed by atoms with Crippen LogP contribution in [0.1, 0.15) is 28.5 Å². The minimum atomic E-state index is -0.241. The molecule has 1 aliphatic rings. The molecule has 1 heterocycles. The Bertz CT molecular complexity index is 822. The number of furan rings is 1. The van der Waals surface area contributed by atoms with E-state index in [2.05, 4.69) is 58.4 Å². The molecule has 0 spiro atoms. The Morgan fingerprint density at radius 3 is 2.57 bits per heavy atom. The maximum Gasteiger partial charge on any atom is 0.169 e. The van der Waals surface area contributed by atoms with Gasteiger partial charge in [0.05, 0.1) is 6.04 Å². The van der Waals surface area contributed by atoms with E-state index in [0.29, 0.717) is 4.67 Å². The Hall–Kier alpha value is -1.84. The predicted octanol–water partition coefficient (Wildman–Crippen LogP) is 4.66. The van der Waals surface area contributed by atoms with Crippen LogP contribution >= 0.6 is 15.9 Å². The number of fused-ring (bicyclic) bond motifs is 3. The van der Waals surface area contributed by atoms with Crippen LogP contribution in [-0.4, -0.2) is 0 Å². The molecule has 1 aliphatic carbocycles. The predicted molar refractivity (Wildman–Crippen MR) is 87.1 cm³/mol. The van der Waals surface area contributed by atoms with Gasteiger partial charge in [-0.05, 0) is 68.4 Å². The molecule has 0 amide bonds. The fraction of sp³-hybridized carbons (Fsp3) is 0.111. The van der Waals surface area contributed by atoms with Gasteiger partial charge in [-0.1, -0.05) is 36.4 Å². The highest BCUT2D eigenvalue weighted by Gasteiger charge is 2.20. The fourth-order valence-electron chi connectivity index (χ4n) is 2.99. The van der Waals surface area contributed by atoms with E-state index in [9.17, 15) is 0 Å². The average Bonchev–Trinajstić information content (AvgIpc) is 3.09. The van der Waals surface area contributed by atoms with E-state index in [1.165, 1.54) is 22.3 Å². The standard InChI is InChI=1S/C18H14BrNO/c19-17-8-7-16(21-17)18(20)13-6-5-12-9-11-3-1-2-4-14(11)15(12)10-13/h1-8,10,18H,9,20H2. The molecule has 4 rings (SSSR count). The van der Waals surface area contributed by atoms with Gasteiger partial charge in [-0.25, -0.2) is 0 Å². The minimum absolute atomic E-state index is 0.241. The van der Waals surface area contributed by atoms with E-state index >= 15 is 0 Å². The molecule has 104 valence electrons. The first-order valence-corrected chi connectivity index (χ1v) is 7.73. The zero-order chi connectivity index (χ0) is 14.4. The molecule has 3 aromatic rings. The summed E-state index contributed by atoms with van der Waals surface area (Å²) in [5.74, 6) is 0.771. The van der Waals surface area contributed by atoms with Crippen molar-refractivity contribution < 1.29 is 4.42 Å². The maximum atomic E-state index is 6.33. The molecular formula is C18H14BrNO. The maximum absolute atomic E-state index is 6.33. The number of hydrogen-bond donors (Lipinski definition) is 1. The van der Waals surface area contributed by atoms with Crippen molar-refractivity contribution in [1.82, 2.24) is 0 Å².